The van der Waals surface area contributed by atoms with Crippen LogP contribution in [0.15, 0.2) is 4.99 Å². The summed E-state index contributed by atoms with van der Waals surface area (Å²) >= 11 is 0. The van der Waals surface area contributed by atoms with E-state index in [1.165, 1.54) is 25.9 Å². The van der Waals surface area contributed by atoms with Crippen LogP contribution in [0.5, 0.6) is 0 Å². The maximum atomic E-state index is 5.81. The number of hydrogen-bond donors (Lipinski definition) is 2. The van der Waals surface area contributed by atoms with Crippen LogP contribution in [0.25, 0.3) is 0 Å². The predicted molar refractivity (Wildman–Crippen MR) is 99.1 cm³/mol. The molecule has 1 atom stereocenters. The largest absolute Gasteiger partial charge is 0.378 e. The van der Waals surface area contributed by atoms with Gasteiger partial charge < -0.3 is 20.3 Å². The number of likely N-dealkylation sites (tertiary alicyclic amines) is 1. The van der Waals surface area contributed by atoms with Gasteiger partial charge in [-0.15, -0.1) is 0 Å². The molecule has 1 aliphatic heterocycles. The minimum atomic E-state index is 0.323. The smallest absolute Gasteiger partial charge is 0.191 e. The van der Waals surface area contributed by atoms with Crippen molar-refractivity contribution in [2.45, 2.75) is 53.1 Å². The molecule has 0 amide bonds. The first-order valence-electron chi connectivity index (χ1n) is 9.39. The summed E-state index contributed by atoms with van der Waals surface area (Å²) in [7, 11) is 2.20. The van der Waals surface area contributed by atoms with Gasteiger partial charge in [0.15, 0.2) is 5.96 Å². The molecule has 23 heavy (non-hydrogen) atoms. The number of nitrogens with zero attached hydrogens (tertiary/aromatic N) is 2. The maximum absolute atomic E-state index is 5.81. The van der Waals surface area contributed by atoms with Gasteiger partial charge in [-0.1, -0.05) is 13.8 Å². The molecule has 1 saturated heterocycles. The predicted octanol–water partition coefficient (Wildman–Crippen LogP) is 2.33. The molecular formula is C18H38N4O. The number of hydrogen-bond acceptors (Lipinski definition) is 3. The van der Waals surface area contributed by atoms with E-state index >= 15 is 0 Å². The van der Waals surface area contributed by atoms with Crippen molar-refractivity contribution >= 4 is 5.96 Å². The van der Waals surface area contributed by atoms with Gasteiger partial charge in [-0.2, -0.15) is 0 Å². The molecule has 1 aliphatic rings. The van der Waals surface area contributed by atoms with Crippen LogP contribution in [0, 0.1) is 11.8 Å². The lowest BCUT2D eigenvalue weighted by molar-refractivity contribution is 0.0258. The summed E-state index contributed by atoms with van der Waals surface area (Å²) in [5.74, 6) is 2.23. The number of ether oxygens (including phenoxy) is 1. The number of aliphatic imine (C=N–C) groups is 1. The van der Waals surface area contributed by atoms with E-state index in [-0.39, 0.29) is 0 Å². The van der Waals surface area contributed by atoms with Crippen molar-refractivity contribution in [2.24, 2.45) is 16.8 Å². The van der Waals surface area contributed by atoms with Crippen LogP contribution in [0.4, 0.5) is 0 Å². The highest BCUT2D eigenvalue weighted by Gasteiger charge is 2.16. The van der Waals surface area contributed by atoms with Crippen molar-refractivity contribution in [1.29, 1.82) is 0 Å². The Kier molecular flexibility index (Phi) is 10.3. The van der Waals surface area contributed by atoms with Crippen LogP contribution in [0.3, 0.4) is 0 Å². The van der Waals surface area contributed by atoms with Crippen molar-refractivity contribution in [2.75, 3.05) is 46.4 Å². The molecule has 0 radical (unpaired) electrons. The van der Waals surface area contributed by atoms with E-state index in [2.05, 4.69) is 50.3 Å². The zero-order chi connectivity index (χ0) is 17.1. The van der Waals surface area contributed by atoms with Crippen LogP contribution >= 0.6 is 0 Å². The highest BCUT2D eigenvalue weighted by Crippen LogP contribution is 2.16. The molecule has 1 heterocycles. The van der Waals surface area contributed by atoms with E-state index in [0.29, 0.717) is 12.0 Å². The van der Waals surface area contributed by atoms with E-state index in [4.69, 9.17) is 9.73 Å². The van der Waals surface area contributed by atoms with Crippen molar-refractivity contribution in [3.05, 3.63) is 0 Å². The van der Waals surface area contributed by atoms with Gasteiger partial charge >= 0.3 is 0 Å². The van der Waals surface area contributed by atoms with Gasteiger partial charge in [0, 0.05) is 26.2 Å². The Morgan fingerprint density at radius 3 is 2.48 bits per heavy atom. The Morgan fingerprint density at radius 2 is 1.91 bits per heavy atom. The second-order valence-corrected chi connectivity index (χ2v) is 6.92. The monoisotopic (exact) mass is 326 g/mol. The third-order valence-electron chi connectivity index (χ3n) is 4.54. The van der Waals surface area contributed by atoms with E-state index in [1.54, 1.807) is 0 Å². The molecular weight excluding hydrogens is 288 g/mol. The highest BCUT2D eigenvalue weighted by molar-refractivity contribution is 5.79. The zero-order valence-electron chi connectivity index (χ0n) is 15.9. The summed E-state index contributed by atoms with van der Waals surface area (Å²) < 4.78 is 5.81. The minimum Gasteiger partial charge on any atom is -0.378 e. The van der Waals surface area contributed by atoms with Gasteiger partial charge in [-0.3, -0.25) is 4.99 Å². The highest BCUT2D eigenvalue weighted by atomic mass is 16.5. The molecule has 1 unspecified atom stereocenters. The van der Waals surface area contributed by atoms with Gasteiger partial charge in [0.25, 0.3) is 0 Å². The maximum Gasteiger partial charge on any atom is 0.191 e. The molecule has 0 bridgehead atoms. The first-order valence-corrected chi connectivity index (χ1v) is 9.39. The fourth-order valence-corrected chi connectivity index (χ4v) is 2.96. The summed E-state index contributed by atoms with van der Waals surface area (Å²) in [6, 6.07) is 0. The van der Waals surface area contributed by atoms with E-state index in [9.17, 15) is 0 Å². The Bertz CT molecular complexity index is 325. The van der Waals surface area contributed by atoms with Crippen molar-refractivity contribution in [1.82, 2.24) is 15.5 Å². The minimum absolute atomic E-state index is 0.323. The molecule has 2 N–H and O–H groups in total. The fourth-order valence-electron chi connectivity index (χ4n) is 2.96. The van der Waals surface area contributed by atoms with Crippen molar-refractivity contribution < 1.29 is 4.74 Å². The van der Waals surface area contributed by atoms with Gasteiger partial charge in [-0.05, 0) is 65.1 Å². The van der Waals surface area contributed by atoms with Crippen LogP contribution in [-0.2, 0) is 4.74 Å². The van der Waals surface area contributed by atoms with Crippen LogP contribution in [0.2, 0.25) is 0 Å². The molecule has 1 rings (SSSR count). The summed E-state index contributed by atoms with van der Waals surface area (Å²) in [6.45, 7) is 14.6. The topological polar surface area (TPSA) is 48.9 Å². The third-order valence-corrected chi connectivity index (χ3v) is 4.54. The molecule has 0 saturated carbocycles. The standard InChI is InChI=1S/C18H38N4O/c1-6-19-18(20-11-8-17(15(3)4)23-7-2)21-14-16-9-12-22(5)13-10-16/h15-17H,6-14H2,1-5H3,(H2,19,20,21). The lowest BCUT2D eigenvalue weighted by Crippen LogP contribution is -2.40. The summed E-state index contributed by atoms with van der Waals surface area (Å²) in [4.78, 5) is 7.19. The normalized spacial score (nSPS) is 19.1. The molecule has 5 nitrogen and oxygen atoms in total. The summed E-state index contributed by atoms with van der Waals surface area (Å²) in [6.07, 6.45) is 3.87. The Labute approximate surface area is 143 Å². The Balaban J connectivity index is 2.36. The van der Waals surface area contributed by atoms with Crippen LogP contribution < -0.4 is 10.6 Å². The third kappa shape index (κ3) is 8.56. The first kappa shape index (κ1) is 20.2. The van der Waals surface area contributed by atoms with Gasteiger partial charge in [-0.25, -0.2) is 0 Å². The number of nitrogens with one attached hydrogen (secondary N) is 2. The molecule has 136 valence electrons. The number of piperidine rings is 1. The van der Waals surface area contributed by atoms with E-state index < -0.39 is 0 Å². The molecule has 0 aromatic rings. The quantitative estimate of drug-likeness (QED) is 0.504. The molecule has 0 aromatic heterocycles. The molecule has 0 spiro atoms. The van der Waals surface area contributed by atoms with Crippen LogP contribution in [-0.4, -0.2) is 63.3 Å². The summed E-state index contributed by atoms with van der Waals surface area (Å²) in [5, 5.41) is 6.81. The number of rotatable bonds is 9. The Hall–Kier alpha value is -0.810. The number of guanidine groups is 1. The Morgan fingerprint density at radius 1 is 1.22 bits per heavy atom. The lowest BCUT2D eigenvalue weighted by atomic mass is 9.97. The molecule has 0 aromatic carbocycles. The average Bonchev–Trinajstić information content (AvgIpc) is 2.53. The van der Waals surface area contributed by atoms with Gasteiger partial charge in [0.2, 0.25) is 0 Å². The lowest BCUT2D eigenvalue weighted by Gasteiger charge is -2.28. The van der Waals surface area contributed by atoms with Crippen LogP contribution in [0.1, 0.15) is 47.0 Å². The van der Waals surface area contributed by atoms with E-state index in [1.807, 2.05) is 0 Å². The average molecular weight is 327 g/mol. The SMILES string of the molecule is CCNC(=NCC1CCN(C)CC1)NCCC(OCC)C(C)C. The van der Waals surface area contributed by atoms with Crippen molar-refractivity contribution in [3.8, 4) is 0 Å². The molecule has 5 heteroatoms. The fraction of sp³-hybridized carbons (Fsp3) is 0.944. The summed E-state index contributed by atoms with van der Waals surface area (Å²) in [5.41, 5.74) is 0. The second-order valence-electron chi connectivity index (χ2n) is 6.92. The van der Waals surface area contributed by atoms with Gasteiger partial charge in [0.05, 0.1) is 6.10 Å². The van der Waals surface area contributed by atoms with E-state index in [0.717, 1.165) is 44.5 Å². The van der Waals surface area contributed by atoms with Crippen molar-refractivity contribution in [3.63, 3.8) is 0 Å². The molecule has 0 aliphatic carbocycles. The second kappa shape index (κ2) is 11.7. The first-order chi connectivity index (χ1) is 11.1. The molecule has 1 fully saturated rings. The van der Waals surface area contributed by atoms with Gasteiger partial charge in [0.1, 0.15) is 0 Å². The zero-order valence-corrected chi connectivity index (χ0v) is 15.9.